The highest BCUT2D eigenvalue weighted by Gasteiger charge is 2.23. The number of hydrogen-bond acceptors (Lipinski definition) is 7. The second-order valence-electron chi connectivity index (χ2n) is 8.74. The van der Waals surface area contributed by atoms with Crippen molar-refractivity contribution in [3.8, 4) is 5.75 Å². The van der Waals surface area contributed by atoms with E-state index >= 15 is 0 Å². The average molecular weight is 550 g/mol. The molecule has 2 heterocycles. The van der Waals surface area contributed by atoms with E-state index in [1.54, 1.807) is 25.2 Å². The Labute approximate surface area is 230 Å². The van der Waals surface area contributed by atoms with Gasteiger partial charge in [-0.1, -0.05) is 42.5 Å². The standard InChI is InChI=1S/C28H27FN4O5.CH5N/c1-30-26(35)23-25(34)24-22(15-20(16-31-24)14-18-8-10-21(29)11-9-18)33(27(23)36)13-12-32(2)28(37)38-17-19-6-4-3-5-7-19;1-2/h3-11,15-16,34H,12-14,17H2,1-2H3,(H,30,35);2H2,1H3. The van der Waals surface area contributed by atoms with E-state index in [0.29, 0.717) is 17.5 Å². The summed E-state index contributed by atoms with van der Waals surface area (Å²) in [6, 6.07) is 16.9. The van der Waals surface area contributed by atoms with Crippen LogP contribution in [0.3, 0.4) is 0 Å². The number of pyridine rings is 2. The third-order valence-corrected chi connectivity index (χ3v) is 6.09. The highest BCUT2D eigenvalue weighted by molar-refractivity contribution is 6.01. The molecule has 0 radical (unpaired) electrons. The summed E-state index contributed by atoms with van der Waals surface area (Å²) in [5.41, 5.74) is 6.08. The SMILES string of the molecule is CN.CNC(=O)c1c(O)c2ncc(Cc3ccc(F)cc3)cc2n(CCN(C)C(=O)OCc2ccccc2)c1=O. The van der Waals surface area contributed by atoms with Gasteiger partial charge in [0.05, 0.1) is 5.52 Å². The predicted octanol–water partition coefficient (Wildman–Crippen LogP) is 3.04. The van der Waals surface area contributed by atoms with Gasteiger partial charge in [0.15, 0.2) is 5.75 Å². The number of likely N-dealkylation sites (N-methyl/N-ethyl adjacent to an activating group) is 1. The van der Waals surface area contributed by atoms with Gasteiger partial charge in [-0.15, -0.1) is 0 Å². The van der Waals surface area contributed by atoms with E-state index in [9.17, 15) is 23.9 Å². The van der Waals surface area contributed by atoms with Crippen molar-refractivity contribution in [1.29, 1.82) is 0 Å². The minimum atomic E-state index is -0.754. The van der Waals surface area contributed by atoms with Gasteiger partial charge in [-0.25, -0.2) is 9.18 Å². The van der Waals surface area contributed by atoms with E-state index in [4.69, 9.17) is 4.74 Å². The molecule has 210 valence electrons. The van der Waals surface area contributed by atoms with Crippen molar-refractivity contribution in [2.24, 2.45) is 5.73 Å². The molecule has 4 aromatic rings. The maximum absolute atomic E-state index is 13.3. The van der Waals surface area contributed by atoms with Gasteiger partial charge in [0, 0.05) is 33.4 Å². The lowest BCUT2D eigenvalue weighted by Gasteiger charge is -2.20. The first-order valence-corrected chi connectivity index (χ1v) is 12.5. The lowest BCUT2D eigenvalue weighted by molar-refractivity contribution is 0.0956. The lowest BCUT2D eigenvalue weighted by Crippen LogP contribution is -2.36. The molecule has 0 saturated heterocycles. The molecule has 2 aromatic heterocycles. The Morgan fingerprint density at radius 3 is 2.40 bits per heavy atom. The van der Waals surface area contributed by atoms with E-state index in [1.165, 1.54) is 41.9 Å². The number of hydrogen-bond donors (Lipinski definition) is 3. The molecule has 4 N–H and O–H groups in total. The zero-order valence-electron chi connectivity index (χ0n) is 22.6. The molecule has 0 saturated carbocycles. The largest absolute Gasteiger partial charge is 0.505 e. The van der Waals surface area contributed by atoms with Crippen LogP contribution >= 0.6 is 0 Å². The number of carbonyl (C=O) groups excluding carboxylic acids is 2. The van der Waals surface area contributed by atoms with E-state index in [0.717, 1.165) is 11.1 Å². The Hall–Kier alpha value is -4.77. The van der Waals surface area contributed by atoms with Crippen LogP contribution < -0.4 is 16.6 Å². The molecule has 0 aliphatic carbocycles. The van der Waals surface area contributed by atoms with Crippen molar-refractivity contribution in [2.45, 2.75) is 19.6 Å². The van der Waals surface area contributed by atoms with Crippen LogP contribution in [0.25, 0.3) is 11.0 Å². The minimum Gasteiger partial charge on any atom is -0.505 e. The number of nitrogens with zero attached hydrogens (tertiary/aromatic N) is 3. The second kappa shape index (κ2) is 13.9. The van der Waals surface area contributed by atoms with Crippen LogP contribution in [0.5, 0.6) is 5.75 Å². The van der Waals surface area contributed by atoms with Crippen molar-refractivity contribution in [3.05, 3.63) is 105 Å². The first-order chi connectivity index (χ1) is 19.3. The molecule has 0 aliphatic heterocycles. The number of rotatable bonds is 8. The number of aromatic nitrogens is 2. The molecular weight excluding hydrogens is 517 g/mol. The Morgan fingerprint density at radius 2 is 1.75 bits per heavy atom. The van der Waals surface area contributed by atoms with E-state index in [-0.39, 0.29) is 31.0 Å². The monoisotopic (exact) mass is 549 g/mol. The van der Waals surface area contributed by atoms with Gasteiger partial charge in [-0.05, 0) is 48.4 Å². The normalized spacial score (nSPS) is 10.4. The van der Waals surface area contributed by atoms with E-state index < -0.39 is 28.9 Å². The Balaban J connectivity index is 0.00000216. The Morgan fingerprint density at radius 1 is 1.07 bits per heavy atom. The fraction of sp³-hybridized carbons (Fsp3) is 0.241. The fourth-order valence-corrected chi connectivity index (χ4v) is 4.00. The maximum Gasteiger partial charge on any atom is 0.409 e. The number of nitrogens with two attached hydrogens (primary N) is 1. The van der Waals surface area contributed by atoms with Gasteiger partial charge in [0.1, 0.15) is 23.5 Å². The van der Waals surface area contributed by atoms with Gasteiger partial charge < -0.3 is 30.4 Å². The zero-order valence-corrected chi connectivity index (χ0v) is 22.6. The highest BCUT2D eigenvalue weighted by Crippen LogP contribution is 2.26. The first kappa shape index (κ1) is 29.8. The van der Waals surface area contributed by atoms with Gasteiger partial charge in [-0.2, -0.15) is 0 Å². The number of amides is 2. The lowest BCUT2D eigenvalue weighted by atomic mass is 10.1. The minimum absolute atomic E-state index is 0.0121. The number of nitrogens with one attached hydrogen (secondary N) is 1. The molecule has 40 heavy (non-hydrogen) atoms. The third-order valence-electron chi connectivity index (χ3n) is 6.09. The molecule has 11 heteroatoms. The summed E-state index contributed by atoms with van der Waals surface area (Å²) < 4.78 is 20.0. The summed E-state index contributed by atoms with van der Waals surface area (Å²) in [5, 5.41) is 13.1. The number of ether oxygens (including phenoxy) is 1. The van der Waals surface area contributed by atoms with E-state index in [2.05, 4.69) is 16.0 Å². The van der Waals surface area contributed by atoms with Crippen molar-refractivity contribution < 1.29 is 23.8 Å². The van der Waals surface area contributed by atoms with Crippen molar-refractivity contribution in [2.75, 3.05) is 27.7 Å². The molecule has 0 aliphatic rings. The van der Waals surface area contributed by atoms with Gasteiger partial charge in [0.25, 0.3) is 11.5 Å². The van der Waals surface area contributed by atoms with Crippen LogP contribution in [-0.2, 0) is 24.3 Å². The van der Waals surface area contributed by atoms with Crippen LogP contribution in [0.1, 0.15) is 27.0 Å². The highest BCUT2D eigenvalue weighted by atomic mass is 19.1. The molecule has 0 unspecified atom stereocenters. The molecule has 0 fully saturated rings. The Bertz CT molecular complexity index is 1520. The van der Waals surface area contributed by atoms with E-state index in [1.807, 2.05) is 30.3 Å². The predicted molar refractivity (Wildman–Crippen MR) is 150 cm³/mol. The molecule has 2 aromatic carbocycles. The molecule has 10 nitrogen and oxygen atoms in total. The molecule has 0 atom stereocenters. The van der Waals surface area contributed by atoms with Crippen molar-refractivity contribution in [3.63, 3.8) is 0 Å². The zero-order chi connectivity index (χ0) is 29.2. The topological polar surface area (TPSA) is 140 Å². The van der Waals surface area contributed by atoms with Crippen LogP contribution in [0.4, 0.5) is 9.18 Å². The quantitative estimate of drug-likeness (QED) is 0.307. The molecular formula is C29H32FN5O5. The van der Waals surface area contributed by atoms with Gasteiger partial charge in [0.2, 0.25) is 0 Å². The summed E-state index contributed by atoms with van der Waals surface area (Å²) >= 11 is 0. The van der Waals surface area contributed by atoms with Crippen LogP contribution in [-0.4, -0.2) is 59.2 Å². The maximum atomic E-state index is 13.3. The molecule has 4 rings (SSSR count). The number of halogens is 1. The summed E-state index contributed by atoms with van der Waals surface area (Å²) in [5.74, 6) is -1.63. The van der Waals surface area contributed by atoms with Crippen LogP contribution in [0.2, 0.25) is 0 Å². The third kappa shape index (κ3) is 7.00. The van der Waals surface area contributed by atoms with Crippen molar-refractivity contribution >= 4 is 23.0 Å². The first-order valence-electron chi connectivity index (χ1n) is 12.5. The summed E-state index contributed by atoms with van der Waals surface area (Å²) in [6.45, 7) is 0.199. The molecule has 0 bridgehead atoms. The van der Waals surface area contributed by atoms with Crippen LogP contribution in [0.15, 0.2) is 71.7 Å². The second-order valence-corrected chi connectivity index (χ2v) is 8.74. The van der Waals surface area contributed by atoms with Gasteiger partial charge >= 0.3 is 6.09 Å². The average Bonchev–Trinajstić information content (AvgIpc) is 2.98. The van der Waals surface area contributed by atoms with Gasteiger partial charge in [-0.3, -0.25) is 14.6 Å². The number of fused-ring (bicyclic) bond motifs is 1. The number of benzene rings is 2. The van der Waals surface area contributed by atoms with Crippen LogP contribution in [0, 0.1) is 5.82 Å². The Kier molecular flexibility index (Phi) is 10.3. The smallest absolute Gasteiger partial charge is 0.409 e. The number of carbonyl (C=O) groups is 2. The summed E-state index contributed by atoms with van der Waals surface area (Å²) in [6.07, 6.45) is 1.36. The summed E-state index contributed by atoms with van der Waals surface area (Å²) in [4.78, 5) is 43.9. The molecule has 2 amide bonds. The summed E-state index contributed by atoms with van der Waals surface area (Å²) in [7, 11) is 4.39. The fourth-order valence-electron chi connectivity index (χ4n) is 4.00. The number of aromatic hydroxyl groups is 1. The van der Waals surface area contributed by atoms with Crippen molar-refractivity contribution in [1.82, 2.24) is 19.8 Å². The molecule has 0 spiro atoms.